The van der Waals surface area contributed by atoms with Gasteiger partial charge in [0, 0.05) is 73.3 Å². The number of anilines is 5. The molecule has 0 aliphatic rings. The average Bonchev–Trinajstić information content (AvgIpc) is 4.05. The highest BCUT2D eigenvalue weighted by atomic mass is 32.1. The van der Waals surface area contributed by atoms with E-state index in [9.17, 15) is 0 Å². The van der Waals surface area contributed by atoms with Crippen molar-refractivity contribution >= 4 is 155 Å². The summed E-state index contributed by atoms with van der Waals surface area (Å²) in [5.74, 6) is 0.280. The molecule has 0 atom stereocenters. The van der Waals surface area contributed by atoms with Gasteiger partial charge in [-0.3, -0.25) is 0 Å². The van der Waals surface area contributed by atoms with E-state index in [4.69, 9.17) is 0 Å². The van der Waals surface area contributed by atoms with Crippen LogP contribution in [0.15, 0.2) is 188 Å². The molecule has 5 heteroatoms. The molecule has 0 fully saturated rings. The predicted molar refractivity (Wildman–Crippen MR) is 295 cm³/mol. The molecular formula is C61H44N2S3. The Bertz CT molecular complexity index is 4160. The van der Waals surface area contributed by atoms with E-state index >= 15 is 0 Å². The minimum absolute atomic E-state index is 0.280. The third-order valence-electron chi connectivity index (χ3n) is 13.8. The highest BCUT2D eigenvalue weighted by Crippen LogP contribution is 2.53. The van der Waals surface area contributed by atoms with Gasteiger partial charge in [-0.15, -0.1) is 34.0 Å². The minimum atomic E-state index is 0.280. The van der Waals surface area contributed by atoms with E-state index < -0.39 is 0 Å². The Morgan fingerprint density at radius 1 is 0.470 bits per heavy atom. The Labute approximate surface area is 395 Å². The lowest BCUT2D eigenvalue weighted by Gasteiger charge is -2.31. The molecule has 13 rings (SSSR count). The maximum absolute atomic E-state index is 4.40. The summed E-state index contributed by atoms with van der Waals surface area (Å²) < 4.78 is 7.77. The molecule has 10 aromatic carbocycles. The fourth-order valence-corrected chi connectivity index (χ4v) is 14.3. The Morgan fingerprint density at radius 3 is 1.65 bits per heavy atom. The zero-order valence-electron chi connectivity index (χ0n) is 37.1. The fraction of sp³-hybridized carbons (Fsp3) is 0.0820. The van der Waals surface area contributed by atoms with Gasteiger partial charge in [-0.05, 0) is 119 Å². The Hall–Kier alpha value is -7.02. The summed E-state index contributed by atoms with van der Waals surface area (Å²) in [5, 5.41) is 15.4. The van der Waals surface area contributed by atoms with Crippen molar-refractivity contribution in [3.8, 4) is 0 Å². The van der Waals surface area contributed by atoms with E-state index in [0.717, 1.165) is 11.4 Å². The van der Waals surface area contributed by atoms with Gasteiger partial charge in [0.2, 0.25) is 0 Å². The van der Waals surface area contributed by atoms with E-state index in [1.165, 1.54) is 127 Å². The summed E-state index contributed by atoms with van der Waals surface area (Å²) in [6.45, 7) is 13.5. The molecule has 0 aliphatic carbocycles. The Morgan fingerprint density at radius 2 is 1.00 bits per heavy atom. The van der Waals surface area contributed by atoms with Crippen molar-refractivity contribution in [2.24, 2.45) is 0 Å². The second kappa shape index (κ2) is 15.0. The van der Waals surface area contributed by atoms with Crippen molar-refractivity contribution in [2.45, 2.75) is 33.6 Å². The summed E-state index contributed by atoms with van der Waals surface area (Å²) >= 11 is 5.64. The summed E-state index contributed by atoms with van der Waals surface area (Å²) in [4.78, 5) is 5.04. The number of thiophene rings is 3. The number of aryl methyl sites for hydroxylation is 1. The molecule has 0 spiro atoms. The number of fused-ring (bicyclic) bond motifs is 9. The van der Waals surface area contributed by atoms with Gasteiger partial charge in [0.1, 0.15) is 0 Å². The van der Waals surface area contributed by atoms with Gasteiger partial charge in [0.15, 0.2) is 0 Å². The smallest absolute Gasteiger partial charge is 0.0640 e. The van der Waals surface area contributed by atoms with Crippen LogP contribution in [0.4, 0.5) is 28.4 Å². The van der Waals surface area contributed by atoms with Crippen LogP contribution in [0.5, 0.6) is 0 Å². The van der Waals surface area contributed by atoms with E-state index in [1.54, 1.807) is 0 Å². The molecule has 316 valence electrons. The third kappa shape index (κ3) is 5.70. The SMILES string of the molecule is C=C/C(=C\C)N(c1cc(C(C)C)c2ccc3c(N(c4ccc5sc6ccccc6c5c4)c4cccc5c4sc4ccccc45)cc(C)c4ccc1c2c43)c1cccc2c1sc1ccccc12. The lowest BCUT2D eigenvalue weighted by molar-refractivity contribution is 0.876. The molecule has 0 bridgehead atoms. The highest BCUT2D eigenvalue weighted by Gasteiger charge is 2.27. The van der Waals surface area contributed by atoms with Crippen molar-refractivity contribution in [2.75, 3.05) is 9.80 Å². The number of hydrogen-bond donors (Lipinski definition) is 0. The number of hydrogen-bond acceptors (Lipinski definition) is 5. The highest BCUT2D eigenvalue weighted by molar-refractivity contribution is 7.27. The van der Waals surface area contributed by atoms with E-state index in [0.29, 0.717) is 0 Å². The summed E-state index contributed by atoms with van der Waals surface area (Å²) in [5.41, 5.74) is 9.51. The fourth-order valence-electron chi connectivity index (χ4n) is 10.8. The second-order valence-corrected chi connectivity index (χ2v) is 21.0. The summed E-state index contributed by atoms with van der Waals surface area (Å²) in [7, 11) is 0. The molecule has 0 unspecified atom stereocenters. The second-order valence-electron chi connectivity index (χ2n) is 17.8. The Kier molecular flexibility index (Phi) is 8.95. The molecule has 13 aromatic rings. The lowest BCUT2D eigenvalue weighted by atomic mass is 9.85. The van der Waals surface area contributed by atoms with Crippen molar-refractivity contribution in [3.63, 3.8) is 0 Å². The monoisotopic (exact) mass is 900 g/mol. The van der Waals surface area contributed by atoms with E-state index in [2.05, 4.69) is 214 Å². The number of rotatable bonds is 8. The first kappa shape index (κ1) is 39.4. The average molecular weight is 901 g/mol. The van der Waals surface area contributed by atoms with Gasteiger partial charge in [-0.2, -0.15) is 0 Å². The Balaban J connectivity index is 1.14. The molecule has 2 nitrogen and oxygen atoms in total. The van der Waals surface area contributed by atoms with Crippen LogP contribution >= 0.6 is 34.0 Å². The number of benzene rings is 10. The molecule has 0 amide bonds. The molecule has 3 aromatic heterocycles. The molecule has 0 saturated heterocycles. The van der Waals surface area contributed by atoms with E-state index in [1.807, 2.05) is 40.1 Å². The summed E-state index contributed by atoms with van der Waals surface area (Å²) in [6.07, 6.45) is 4.22. The standard InChI is InChI=1S/C61H44N2S3/c1-6-37(7-2)62(50-21-14-19-44-40-16-8-12-24-55(40)65-60(44)50)53-34-48(35(3)4)43-28-30-46-52(32-36(5)39-27-29-47(53)59(43)58(39)46)63(38-26-31-57-49(33-38)42-18-10-11-23-54(42)64-57)51-22-15-20-45-41-17-9-13-25-56(41)66-61(45)51/h6-35H,1H2,2-5H3/b37-7+. The first-order valence-electron chi connectivity index (χ1n) is 22.8. The molecule has 3 heterocycles. The molecule has 66 heavy (non-hydrogen) atoms. The van der Waals surface area contributed by atoms with Gasteiger partial charge in [-0.1, -0.05) is 130 Å². The van der Waals surface area contributed by atoms with Crippen LogP contribution in [0.1, 0.15) is 37.8 Å². The van der Waals surface area contributed by atoms with Gasteiger partial charge in [0.05, 0.1) is 32.1 Å². The van der Waals surface area contributed by atoms with Crippen molar-refractivity contribution < 1.29 is 0 Å². The van der Waals surface area contributed by atoms with Crippen molar-refractivity contribution in [3.05, 3.63) is 199 Å². The van der Waals surface area contributed by atoms with Crippen LogP contribution < -0.4 is 9.80 Å². The zero-order valence-corrected chi connectivity index (χ0v) is 39.6. The minimum Gasteiger partial charge on any atom is -0.309 e. The molecule has 0 radical (unpaired) electrons. The largest absolute Gasteiger partial charge is 0.309 e. The quantitative estimate of drug-likeness (QED) is 0.111. The van der Waals surface area contributed by atoms with Crippen LogP contribution in [0, 0.1) is 6.92 Å². The third-order valence-corrected chi connectivity index (χ3v) is 17.4. The topological polar surface area (TPSA) is 6.48 Å². The molecule has 0 N–H and O–H groups in total. The molecule has 0 aliphatic heterocycles. The van der Waals surface area contributed by atoms with Gasteiger partial charge in [-0.25, -0.2) is 0 Å². The van der Waals surface area contributed by atoms with Crippen LogP contribution in [-0.2, 0) is 0 Å². The number of nitrogens with zero attached hydrogens (tertiary/aromatic N) is 2. The summed E-state index contributed by atoms with van der Waals surface area (Å²) in [6, 6.07) is 61.8. The van der Waals surface area contributed by atoms with Crippen LogP contribution in [-0.4, -0.2) is 0 Å². The zero-order chi connectivity index (χ0) is 44.4. The van der Waals surface area contributed by atoms with Gasteiger partial charge in [0.25, 0.3) is 0 Å². The van der Waals surface area contributed by atoms with Crippen LogP contribution in [0.25, 0.3) is 92.8 Å². The first-order chi connectivity index (χ1) is 32.4. The van der Waals surface area contributed by atoms with Gasteiger partial charge >= 0.3 is 0 Å². The van der Waals surface area contributed by atoms with Crippen molar-refractivity contribution in [1.82, 2.24) is 0 Å². The van der Waals surface area contributed by atoms with Crippen LogP contribution in [0.2, 0.25) is 0 Å². The predicted octanol–water partition coefficient (Wildman–Crippen LogP) is 19.8. The number of allylic oxidation sites excluding steroid dienone is 2. The van der Waals surface area contributed by atoms with E-state index in [-0.39, 0.29) is 5.92 Å². The van der Waals surface area contributed by atoms with Gasteiger partial charge < -0.3 is 9.80 Å². The maximum Gasteiger partial charge on any atom is 0.0640 e. The maximum atomic E-state index is 4.40. The lowest BCUT2D eigenvalue weighted by Crippen LogP contribution is -2.16. The molecule has 0 saturated carbocycles. The molecular weight excluding hydrogens is 857 g/mol. The van der Waals surface area contributed by atoms with Crippen LogP contribution in [0.3, 0.4) is 0 Å². The normalized spacial score (nSPS) is 12.5. The first-order valence-corrected chi connectivity index (χ1v) is 25.2. The van der Waals surface area contributed by atoms with Crippen molar-refractivity contribution in [1.29, 1.82) is 0 Å².